The molecule has 0 saturated carbocycles. The minimum Gasteiger partial charge on any atom is -0.496 e. The second-order valence-corrected chi connectivity index (χ2v) is 8.17. The van der Waals surface area contributed by atoms with Crippen molar-refractivity contribution < 1.29 is 19.1 Å². The number of ether oxygens (including phenoxy) is 2. The summed E-state index contributed by atoms with van der Waals surface area (Å²) in [6.07, 6.45) is 3.27. The molecule has 0 radical (unpaired) electrons. The average molecular weight is 473 g/mol. The Hall–Kier alpha value is -2.97. The molecular weight excluding hydrogens is 456 g/mol. The lowest BCUT2D eigenvalue weighted by Gasteiger charge is -2.10. The number of esters is 1. The van der Waals surface area contributed by atoms with Crippen LogP contribution in [0.1, 0.15) is 11.1 Å². The molecule has 8 heteroatoms. The maximum absolute atomic E-state index is 12.8. The molecule has 0 spiro atoms. The van der Waals surface area contributed by atoms with Gasteiger partial charge in [-0.05, 0) is 33.6 Å². The molecule has 0 aliphatic heterocycles. The van der Waals surface area contributed by atoms with E-state index >= 15 is 0 Å². The summed E-state index contributed by atoms with van der Waals surface area (Å²) in [6.45, 7) is -0.424. The Morgan fingerprint density at radius 3 is 2.55 bits per heavy atom. The van der Waals surface area contributed by atoms with Crippen LogP contribution in [0.3, 0.4) is 0 Å². The van der Waals surface area contributed by atoms with Gasteiger partial charge in [0.2, 0.25) is 0 Å². The molecule has 3 aromatic rings. The van der Waals surface area contributed by atoms with Gasteiger partial charge in [0.05, 0.1) is 22.7 Å². The predicted molar refractivity (Wildman–Crippen MR) is 117 cm³/mol. The summed E-state index contributed by atoms with van der Waals surface area (Å²) in [5.41, 5.74) is 1.72. The molecule has 0 aliphatic rings. The monoisotopic (exact) mass is 472 g/mol. The van der Waals surface area contributed by atoms with E-state index in [2.05, 4.69) is 26.2 Å². The van der Waals surface area contributed by atoms with Gasteiger partial charge in [0.1, 0.15) is 5.75 Å². The van der Waals surface area contributed by atoms with Gasteiger partial charge in [0.15, 0.2) is 11.7 Å². The molecule has 1 aromatic heterocycles. The first-order valence-electron chi connectivity index (χ1n) is 8.55. The molecule has 1 amide bonds. The number of carbonyl (C=O) groups excluding carboxylic acids is 2. The lowest BCUT2D eigenvalue weighted by Crippen LogP contribution is -2.21. The summed E-state index contributed by atoms with van der Waals surface area (Å²) >= 11 is 4.54. The van der Waals surface area contributed by atoms with Gasteiger partial charge >= 0.3 is 5.97 Å². The highest BCUT2D eigenvalue weighted by molar-refractivity contribution is 9.11. The molecule has 0 bridgehead atoms. The molecule has 2 aromatic carbocycles. The molecule has 148 valence electrons. The second kappa shape index (κ2) is 9.99. The summed E-state index contributed by atoms with van der Waals surface area (Å²) in [5.74, 6) is -0.455. The van der Waals surface area contributed by atoms with Crippen molar-refractivity contribution in [3.63, 3.8) is 0 Å². The largest absolute Gasteiger partial charge is 0.496 e. The van der Waals surface area contributed by atoms with E-state index in [0.29, 0.717) is 22.0 Å². The number of thiazole rings is 1. The Labute approximate surface area is 180 Å². The van der Waals surface area contributed by atoms with Crippen LogP contribution in [0.4, 0.5) is 5.13 Å². The first-order valence-corrected chi connectivity index (χ1v) is 10.2. The molecule has 1 N–H and O–H groups in total. The van der Waals surface area contributed by atoms with E-state index in [0.717, 1.165) is 9.35 Å². The highest BCUT2D eigenvalue weighted by atomic mass is 79.9. The summed E-state index contributed by atoms with van der Waals surface area (Å²) < 4.78 is 11.4. The van der Waals surface area contributed by atoms with Crippen molar-refractivity contribution in [3.8, 4) is 5.75 Å². The smallest absolute Gasteiger partial charge is 0.339 e. The molecule has 0 saturated heterocycles. The van der Waals surface area contributed by atoms with E-state index in [1.165, 1.54) is 11.3 Å². The third-order valence-electron chi connectivity index (χ3n) is 3.80. The fourth-order valence-electron chi connectivity index (χ4n) is 2.50. The van der Waals surface area contributed by atoms with Crippen LogP contribution in [0.25, 0.3) is 11.6 Å². The predicted octanol–water partition coefficient (Wildman–Crippen LogP) is 4.64. The van der Waals surface area contributed by atoms with Gasteiger partial charge in [-0.1, -0.05) is 59.9 Å². The van der Waals surface area contributed by atoms with Crippen molar-refractivity contribution in [2.24, 2.45) is 0 Å². The normalized spacial score (nSPS) is 11.0. The van der Waals surface area contributed by atoms with E-state index in [1.807, 2.05) is 36.4 Å². The molecule has 0 fully saturated rings. The van der Waals surface area contributed by atoms with E-state index in [9.17, 15) is 9.59 Å². The highest BCUT2D eigenvalue weighted by Gasteiger charge is 2.17. The van der Waals surface area contributed by atoms with Crippen LogP contribution in [0.2, 0.25) is 0 Å². The molecule has 0 atom stereocenters. The number of anilines is 1. The van der Waals surface area contributed by atoms with Crippen molar-refractivity contribution in [1.29, 1.82) is 0 Å². The van der Waals surface area contributed by atoms with Crippen LogP contribution >= 0.6 is 27.3 Å². The van der Waals surface area contributed by atoms with Crippen LogP contribution in [-0.2, 0) is 14.3 Å². The summed E-state index contributed by atoms with van der Waals surface area (Å²) in [4.78, 5) is 28.9. The Morgan fingerprint density at radius 1 is 1.14 bits per heavy atom. The van der Waals surface area contributed by atoms with Crippen LogP contribution in [0.15, 0.2) is 64.6 Å². The summed E-state index contributed by atoms with van der Waals surface area (Å²) in [5, 5.41) is 3.01. The minimum absolute atomic E-state index is 0.319. The standard InChI is InChI=1S/C21H17BrN2O4S/c1-27-17-10-6-5-9-15(17)11-16(14-7-3-2-4-8-14)20(26)28-13-19(25)24-21-23-12-18(22)29-21/h2-12H,13H2,1H3,(H,23,24,25)/b16-11+. The van der Waals surface area contributed by atoms with Gasteiger partial charge in [0.25, 0.3) is 5.91 Å². The number of methoxy groups -OCH3 is 1. The summed E-state index contributed by atoms with van der Waals surface area (Å²) in [7, 11) is 1.56. The number of para-hydroxylation sites is 1. The number of benzene rings is 2. The van der Waals surface area contributed by atoms with Gasteiger partial charge in [0, 0.05) is 5.56 Å². The SMILES string of the molecule is COc1ccccc1/C=C(/C(=O)OCC(=O)Nc1ncc(Br)s1)c1ccccc1. The lowest BCUT2D eigenvalue weighted by molar-refractivity contribution is -0.141. The Kier molecular flexibility index (Phi) is 7.15. The molecule has 1 heterocycles. The fourth-order valence-corrected chi connectivity index (χ4v) is 3.62. The quantitative estimate of drug-likeness (QED) is 0.308. The minimum atomic E-state index is -0.613. The molecule has 0 aliphatic carbocycles. The van der Waals surface area contributed by atoms with Crippen molar-refractivity contribution in [1.82, 2.24) is 4.98 Å². The van der Waals surface area contributed by atoms with Crippen molar-refractivity contribution in [2.45, 2.75) is 0 Å². The number of halogens is 1. The fraction of sp³-hybridized carbons (Fsp3) is 0.0952. The molecule has 29 heavy (non-hydrogen) atoms. The molecular formula is C21H17BrN2O4S. The van der Waals surface area contributed by atoms with Gasteiger partial charge in [-0.3, -0.25) is 10.1 Å². The average Bonchev–Trinajstić information content (AvgIpc) is 3.15. The van der Waals surface area contributed by atoms with Gasteiger partial charge < -0.3 is 9.47 Å². The second-order valence-electron chi connectivity index (χ2n) is 5.76. The van der Waals surface area contributed by atoms with Gasteiger partial charge in [-0.15, -0.1) is 0 Å². The Bertz CT molecular complexity index is 1030. The number of amides is 1. The third-order valence-corrected chi connectivity index (χ3v) is 5.19. The highest BCUT2D eigenvalue weighted by Crippen LogP contribution is 2.26. The van der Waals surface area contributed by atoms with Crippen LogP contribution in [-0.4, -0.2) is 30.6 Å². The van der Waals surface area contributed by atoms with E-state index in [-0.39, 0.29) is 0 Å². The maximum Gasteiger partial charge on any atom is 0.339 e. The van der Waals surface area contributed by atoms with Crippen molar-refractivity contribution in [2.75, 3.05) is 19.0 Å². The van der Waals surface area contributed by atoms with E-state index in [4.69, 9.17) is 9.47 Å². The van der Waals surface area contributed by atoms with Crippen LogP contribution < -0.4 is 10.1 Å². The summed E-state index contributed by atoms with van der Waals surface area (Å²) in [6, 6.07) is 16.4. The lowest BCUT2D eigenvalue weighted by atomic mass is 10.0. The molecule has 3 rings (SSSR count). The topological polar surface area (TPSA) is 77.5 Å². The Balaban J connectivity index is 1.78. The molecule has 0 unspecified atom stereocenters. The zero-order valence-electron chi connectivity index (χ0n) is 15.4. The zero-order valence-corrected chi connectivity index (χ0v) is 17.8. The number of nitrogens with zero attached hydrogens (tertiary/aromatic N) is 1. The Morgan fingerprint density at radius 2 is 1.86 bits per heavy atom. The number of aromatic nitrogens is 1. The number of hydrogen-bond donors (Lipinski definition) is 1. The number of carbonyl (C=O) groups is 2. The van der Waals surface area contributed by atoms with Crippen molar-refractivity contribution >= 4 is 55.9 Å². The number of hydrogen-bond acceptors (Lipinski definition) is 6. The van der Waals surface area contributed by atoms with Gasteiger partial charge in [-0.25, -0.2) is 9.78 Å². The van der Waals surface area contributed by atoms with Gasteiger partial charge in [-0.2, -0.15) is 0 Å². The zero-order chi connectivity index (χ0) is 20.6. The van der Waals surface area contributed by atoms with E-state index < -0.39 is 18.5 Å². The first-order chi connectivity index (χ1) is 14.1. The number of rotatable bonds is 7. The molecule has 6 nitrogen and oxygen atoms in total. The van der Waals surface area contributed by atoms with E-state index in [1.54, 1.807) is 37.6 Å². The maximum atomic E-state index is 12.8. The first kappa shape index (κ1) is 20.8. The number of nitrogens with one attached hydrogen (secondary N) is 1. The van der Waals surface area contributed by atoms with Crippen LogP contribution in [0, 0.1) is 0 Å². The third kappa shape index (κ3) is 5.75. The van der Waals surface area contributed by atoms with Crippen LogP contribution in [0.5, 0.6) is 5.75 Å². The van der Waals surface area contributed by atoms with Crippen molar-refractivity contribution in [3.05, 3.63) is 75.7 Å².